The summed E-state index contributed by atoms with van der Waals surface area (Å²) >= 11 is 6.10. The molecule has 0 saturated heterocycles. The topological polar surface area (TPSA) is 33.2 Å². The summed E-state index contributed by atoms with van der Waals surface area (Å²) in [5.74, 6) is -0.0493. The lowest BCUT2D eigenvalue weighted by Crippen LogP contribution is -2.32. The first-order valence-corrected chi connectivity index (χ1v) is 7.14. The minimum absolute atomic E-state index is 0.0493. The zero-order valence-corrected chi connectivity index (χ0v) is 11.8. The second-order valence-corrected chi connectivity index (χ2v) is 5.31. The molecule has 2 heterocycles. The molecule has 1 aromatic carbocycles. The first kappa shape index (κ1) is 13.1. The van der Waals surface area contributed by atoms with E-state index in [2.05, 4.69) is 11.1 Å². The first-order chi connectivity index (χ1) is 9.77. The number of pyridine rings is 1. The highest BCUT2D eigenvalue weighted by atomic mass is 35.5. The molecule has 0 fully saturated rings. The maximum absolute atomic E-state index is 12.7. The van der Waals surface area contributed by atoms with Crippen LogP contribution in [0.5, 0.6) is 0 Å². The fraction of sp³-hybridized carbons (Fsp3) is 0.250. The third-order valence-electron chi connectivity index (χ3n) is 3.61. The van der Waals surface area contributed by atoms with Gasteiger partial charge in [-0.25, -0.2) is 0 Å². The van der Waals surface area contributed by atoms with Gasteiger partial charge < -0.3 is 4.90 Å². The Bertz CT molecular complexity index is 642. The molecule has 0 unspecified atom stereocenters. The van der Waals surface area contributed by atoms with Crippen LogP contribution >= 0.6 is 11.6 Å². The number of aromatic nitrogens is 1. The Labute approximate surface area is 123 Å². The summed E-state index contributed by atoms with van der Waals surface area (Å²) < 4.78 is 0. The maximum atomic E-state index is 12.7. The number of halogens is 1. The standard InChI is InChI=1S/C16H15ClN2O/c17-14-11-18-9-8-13(14)16(20)19-10-4-3-6-12-5-1-2-7-15(12)19/h1-2,5,7-9,11H,3-4,6,10H2. The van der Waals surface area contributed by atoms with Gasteiger partial charge >= 0.3 is 0 Å². The summed E-state index contributed by atoms with van der Waals surface area (Å²) in [5.41, 5.74) is 2.74. The van der Waals surface area contributed by atoms with Crippen molar-refractivity contribution < 1.29 is 4.79 Å². The molecular weight excluding hydrogens is 272 g/mol. The zero-order chi connectivity index (χ0) is 13.9. The number of carbonyl (C=O) groups is 1. The first-order valence-electron chi connectivity index (χ1n) is 6.76. The van der Waals surface area contributed by atoms with E-state index in [-0.39, 0.29) is 5.91 Å². The molecule has 1 aromatic heterocycles. The summed E-state index contributed by atoms with van der Waals surface area (Å²) in [6, 6.07) is 9.77. The number of hydrogen-bond acceptors (Lipinski definition) is 2. The fourth-order valence-electron chi connectivity index (χ4n) is 2.60. The molecule has 3 nitrogen and oxygen atoms in total. The SMILES string of the molecule is O=C(c1ccncc1Cl)N1CCCCc2ccccc21. The van der Waals surface area contributed by atoms with Crippen LogP contribution in [0.2, 0.25) is 5.02 Å². The van der Waals surface area contributed by atoms with Crippen molar-refractivity contribution in [3.63, 3.8) is 0 Å². The van der Waals surface area contributed by atoms with Crippen LogP contribution < -0.4 is 4.90 Å². The van der Waals surface area contributed by atoms with Gasteiger partial charge in [0.25, 0.3) is 5.91 Å². The fourth-order valence-corrected chi connectivity index (χ4v) is 2.80. The van der Waals surface area contributed by atoms with Gasteiger partial charge in [-0.15, -0.1) is 0 Å². The second kappa shape index (κ2) is 5.63. The minimum Gasteiger partial charge on any atom is -0.308 e. The third-order valence-corrected chi connectivity index (χ3v) is 3.91. The van der Waals surface area contributed by atoms with Crippen molar-refractivity contribution in [3.05, 3.63) is 58.9 Å². The van der Waals surface area contributed by atoms with E-state index >= 15 is 0 Å². The number of benzene rings is 1. The molecular formula is C16H15ClN2O. The van der Waals surface area contributed by atoms with Crippen LogP contribution in [-0.4, -0.2) is 17.4 Å². The smallest absolute Gasteiger partial charge is 0.259 e. The summed E-state index contributed by atoms with van der Waals surface area (Å²) in [6.45, 7) is 0.731. The average molecular weight is 287 g/mol. The number of carbonyl (C=O) groups excluding carboxylic acids is 1. The summed E-state index contributed by atoms with van der Waals surface area (Å²) in [6.07, 6.45) is 6.24. The molecule has 0 atom stereocenters. The molecule has 1 aliphatic rings. The van der Waals surface area contributed by atoms with Crippen molar-refractivity contribution >= 4 is 23.2 Å². The quantitative estimate of drug-likeness (QED) is 0.800. The molecule has 0 N–H and O–H groups in total. The molecule has 4 heteroatoms. The molecule has 1 aliphatic heterocycles. The molecule has 0 radical (unpaired) electrons. The van der Waals surface area contributed by atoms with Crippen LogP contribution in [0.25, 0.3) is 0 Å². The molecule has 0 bridgehead atoms. The number of rotatable bonds is 1. The van der Waals surface area contributed by atoms with Crippen molar-refractivity contribution in [2.24, 2.45) is 0 Å². The number of para-hydroxylation sites is 1. The Morgan fingerprint density at radius 3 is 2.90 bits per heavy atom. The van der Waals surface area contributed by atoms with E-state index in [0.717, 1.165) is 31.5 Å². The Hall–Kier alpha value is -1.87. The molecule has 3 rings (SSSR count). The predicted octanol–water partition coefficient (Wildman–Crippen LogP) is 3.72. The molecule has 0 aliphatic carbocycles. The van der Waals surface area contributed by atoms with Gasteiger partial charge in [-0.05, 0) is 37.0 Å². The van der Waals surface area contributed by atoms with Crippen LogP contribution in [-0.2, 0) is 6.42 Å². The van der Waals surface area contributed by atoms with E-state index in [0.29, 0.717) is 10.6 Å². The lowest BCUT2D eigenvalue weighted by molar-refractivity contribution is 0.0987. The van der Waals surface area contributed by atoms with E-state index in [4.69, 9.17) is 11.6 Å². The molecule has 20 heavy (non-hydrogen) atoms. The van der Waals surface area contributed by atoms with Crippen molar-refractivity contribution in [2.75, 3.05) is 11.4 Å². The number of hydrogen-bond donors (Lipinski definition) is 0. The highest BCUT2D eigenvalue weighted by Gasteiger charge is 2.23. The maximum Gasteiger partial charge on any atom is 0.259 e. The van der Waals surface area contributed by atoms with Crippen LogP contribution in [0, 0.1) is 0 Å². The van der Waals surface area contributed by atoms with Gasteiger partial charge in [-0.3, -0.25) is 9.78 Å². The lowest BCUT2D eigenvalue weighted by atomic mass is 10.1. The van der Waals surface area contributed by atoms with Crippen molar-refractivity contribution in [1.82, 2.24) is 4.98 Å². The Morgan fingerprint density at radius 1 is 1.20 bits per heavy atom. The van der Waals surface area contributed by atoms with E-state index in [1.807, 2.05) is 23.1 Å². The van der Waals surface area contributed by atoms with Crippen LogP contribution in [0.3, 0.4) is 0 Å². The minimum atomic E-state index is -0.0493. The monoisotopic (exact) mass is 286 g/mol. The van der Waals surface area contributed by atoms with Gasteiger partial charge in [-0.2, -0.15) is 0 Å². The Kier molecular flexibility index (Phi) is 3.70. The molecule has 1 amide bonds. The van der Waals surface area contributed by atoms with Gasteiger partial charge in [0, 0.05) is 24.6 Å². The number of nitrogens with zero attached hydrogens (tertiary/aromatic N) is 2. The number of aryl methyl sites for hydroxylation is 1. The normalized spacial score (nSPS) is 14.6. The Balaban J connectivity index is 2.02. The second-order valence-electron chi connectivity index (χ2n) is 4.90. The lowest BCUT2D eigenvalue weighted by Gasteiger charge is -2.23. The highest BCUT2D eigenvalue weighted by molar-refractivity contribution is 6.34. The molecule has 0 spiro atoms. The van der Waals surface area contributed by atoms with Crippen LogP contribution in [0.4, 0.5) is 5.69 Å². The van der Waals surface area contributed by atoms with Crippen LogP contribution in [0.15, 0.2) is 42.7 Å². The molecule has 0 saturated carbocycles. The van der Waals surface area contributed by atoms with Crippen molar-refractivity contribution in [3.8, 4) is 0 Å². The highest BCUT2D eigenvalue weighted by Crippen LogP contribution is 2.28. The Morgan fingerprint density at radius 2 is 2.05 bits per heavy atom. The predicted molar refractivity (Wildman–Crippen MR) is 80.3 cm³/mol. The molecule has 2 aromatic rings. The van der Waals surface area contributed by atoms with Gasteiger partial charge in [0.1, 0.15) is 0 Å². The summed E-state index contributed by atoms with van der Waals surface area (Å²) in [4.78, 5) is 18.5. The number of amides is 1. The van der Waals surface area contributed by atoms with Gasteiger partial charge in [0.2, 0.25) is 0 Å². The third kappa shape index (κ3) is 2.41. The largest absolute Gasteiger partial charge is 0.308 e. The molecule has 102 valence electrons. The van der Waals surface area contributed by atoms with E-state index in [1.54, 1.807) is 12.3 Å². The van der Waals surface area contributed by atoms with Gasteiger partial charge in [-0.1, -0.05) is 29.8 Å². The van der Waals surface area contributed by atoms with Crippen LogP contribution in [0.1, 0.15) is 28.8 Å². The van der Waals surface area contributed by atoms with E-state index in [1.165, 1.54) is 11.8 Å². The van der Waals surface area contributed by atoms with E-state index < -0.39 is 0 Å². The zero-order valence-electron chi connectivity index (χ0n) is 11.1. The average Bonchev–Trinajstić information content (AvgIpc) is 2.69. The van der Waals surface area contributed by atoms with Crippen molar-refractivity contribution in [2.45, 2.75) is 19.3 Å². The van der Waals surface area contributed by atoms with Gasteiger partial charge in [0.05, 0.1) is 10.6 Å². The van der Waals surface area contributed by atoms with Crippen molar-refractivity contribution in [1.29, 1.82) is 0 Å². The van der Waals surface area contributed by atoms with E-state index in [9.17, 15) is 4.79 Å². The van der Waals surface area contributed by atoms with Gasteiger partial charge in [0.15, 0.2) is 0 Å². The number of fused-ring (bicyclic) bond motifs is 1. The summed E-state index contributed by atoms with van der Waals surface area (Å²) in [5, 5.41) is 0.402. The summed E-state index contributed by atoms with van der Waals surface area (Å²) in [7, 11) is 0. The number of anilines is 1.